The Kier molecular flexibility index (Phi) is 7.09. The largest absolute Gasteiger partial charge is 0.309 e. The average molecular weight is 713 g/mol. The summed E-state index contributed by atoms with van der Waals surface area (Å²) in [4.78, 5) is 0. The highest BCUT2D eigenvalue weighted by molar-refractivity contribution is 6.13. The lowest BCUT2D eigenvalue weighted by molar-refractivity contribution is 0.545. The van der Waals surface area contributed by atoms with Gasteiger partial charge in [-0.2, -0.15) is 0 Å². The number of fused-ring (bicyclic) bond motifs is 9. The normalized spacial score (nSPS) is 14.0. The first-order valence-corrected chi connectivity index (χ1v) is 19.8. The second-order valence-electron chi connectivity index (χ2n) is 18.3. The van der Waals surface area contributed by atoms with E-state index in [0.29, 0.717) is 0 Å². The van der Waals surface area contributed by atoms with Crippen LogP contribution in [0.25, 0.3) is 77.2 Å². The molecule has 55 heavy (non-hydrogen) atoms. The summed E-state index contributed by atoms with van der Waals surface area (Å²) in [6, 6.07) is 54.5. The van der Waals surface area contributed by atoms with Gasteiger partial charge in [0.25, 0.3) is 0 Å². The van der Waals surface area contributed by atoms with Crippen LogP contribution >= 0.6 is 0 Å². The highest BCUT2D eigenvalue weighted by Crippen LogP contribution is 2.55. The Balaban J connectivity index is 1.20. The Bertz CT molecular complexity index is 3010. The zero-order valence-corrected chi connectivity index (χ0v) is 33.3. The van der Waals surface area contributed by atoms with E-state index in [-0.39, 0.29) is 16.2 Å². The molecule has 1 aliphatic carbocycles. The van der Waals surface area contributed by atoms with Gasteiger partial charge in [0.2, 0.25) is 0 Å². The number of aromatic nitrogens is 2. The fourth-order valence-corrected chi connectivity index (χ4v) is 9.62. The van der Waals surface area contributed by atoms with E-state index in [2.05, 4.69) is 210 Å². The van der Waals surface area contributed by atoms with Crippen LogP contribution in [0.4, 0.5) is 0 Å². The maximum atomic E-state index is 2.54. The summed E-state index contributed by atoms with van der Waals surface area (Å²) >= 11 is 0. The fraction of sp³-hybridized carbons (Fsp3) is 0.208. The van der Waals surface area contributed by atoms with Crippen molar-refractivity contribution in [1.82, 2.24) is 9.13 Å². The second-order valence-corrected chi connectivity index (χ2v) is 18.3. The molecule has 0 saturated carbocycles. The summed E-state index contributed by atoms with van der Waals surface area (Å²) in [5.74, 6) is 0. The van der Waals surface area contributed by atoms with Gasteiger partial charge in [-0.3, -0.25) is 0 Å². The van der Waals surface area contributed by atoms with Crippen molar-refractivity contribution in [2.45, 2.75) is 71.6 Å². The van der Waals surface area contributed by atoms with Gasteiger partial charge in [-0.1, -0.05) is 146 Å². The fourth-order valence-electron chi connectivity index (χ4n) is 9.62. The number of hydrogen-bond donors (Lipinski definition) is 0. The molecule has 0 amide bonds. The summed E-state index contributed by atoms with van der Waals surface area (Å²) in [5.41, 5.74) is 18.2. The lowest BCUT2D eigenvalue weighted by Gasteiger charge is -2.32. The van der Waals surface area contributed by atoms with Crippen molar-refractivity contribution in [1.29, 1.82) is 0 Å². The van der Waals surface area contributed by atoms with Gasteiger partial charge in [0.15, 0.2) is 0 Å². The summed E-state index contributed by atoms with van der Waals surface area (Å²) in [5, 5.41) is 5.08. The predicted octanol–water partition coefficient (Wildman–Crippen LogP) is 14.4. The molecule has 0 fully saturated rings. The summed E-state index contributed by atoms with van der Waals surface area (Å²) < 4.78 is 4.92. The van der Waals surface area contributed by atoms with Crippen molar-refractivity contribution in [2.24, 2.45) is 0 Å². The molecular formula is C53H48N2. The SMILES string of the molecule is CC(C)(C)c1cc2c(c(C(C)(C)C)c1)C(C)(C)c1cccc(-n3c4ccccc4c4cc(-c5ccc6c(c5)c5ccccc5n6-c5ccccc5)ccc43)c1-2. The van der Waals surface area contributed by atoms with Crippen LogP contribution in [-0.4, -0.2) is 9.13 Å². The zero-order valence-electron chi connectivity index (χ0n) is 33.3. The summed E-state index contributed by atoms with van der Waals surface area (Å²) in [6.07, 6.45) is 0. The molecule has 2 heterocycles. The minimum atomic E-state index is -0.131. The van der Waals surface area contributed by atoms with E-state index >= 15 is 0 Å². The van der Waals surface area contributed by atoms with Crippen LogP contribution in [0.2, 0.25) is 0 Å². The van der Waals surface area contributed by atoms with E-state index in [1.54, 1.807) is 0 Å². The van der Waals surface area contributed by atoms with Crippen LogP contribution < -0.4 is 0 Å². The third-order valence-electron chi connectivity index (χ3n) is 12.4. The van der Waals surface area contributed by atoms with Crippen molar-refractivity contribution in [3.63, 3.8) is 0 Å². The first kappa shape index (κ1) is 33.7. The molecule has 0 atom stereocenters. The molecule has 2 heteroatoms. The molecule has 2 nitrogen and oxygen atoms in total. The van der Waals surface area contributed by atoms with Gasteiger partial charge in [0, 0.05) is 38.2 Å². The predicted molar refractivity (Wildman–Crippen MR) is 236 cm³/mol. The first-order valence-electron chi connectivity index (χ1n) is 19.8. The van der Waals surface area contributed by atoms with Gasteiger partial charge >= 0.3 is 0 Å². The minimum Gasteiger partial charge on any atom is -0.309 e. The maximum Gasteiger partial charge on any atom is 0.0543 e. The van der Waals surface area contributed by atoms with Gasteiger partial charge in [-0.15, -0.1) is 0 Å². The van der Waals surface area contributed by atoms with Crippen LogP contribution in [0.3, 0.4) is 0 Å². The van der Waals surface area contributed by atoms with E-state index in [1.807, 2.05) is 0 Å². The van der Waals surface area contributed by atoms with Gasteiger partial charge in [-0.25, -0.2) is 0 Å². The number of hydrogen-bond acceptors (Lipinski definition) is 0. The van der Waals surface area contributed by atoms with E-state index in [0.717, 1.165) is 0 Å². The van der Waals surface area contributed by atoms with Gasteiger partial charge in [0.1, 0.15) is 0 Å². The highest BCUT2D eigenvalue weighted by Gasteiger charge is 2.42. The Hall–Kier alpha value is -5.86. The molecule has 10 rings (SSSR count). The van der Waals surface area contributed by atoms with E-state index in [1.165, 1.54) is 99.5 Å². The molecule has 0 spiro atoms. The average Bonchev–Trinajstić information content (AvgIpc) is 3.77. The summed E-state index contributed by atoms with van der Waals surface area (Å²) in [7, 11) is 0. The van der Waals surface area contributed by atoms with E-state index < -0.39 is 0 Å². The third-order valence-corrected chi connectivity index (χ3v) is 12.4. The van der Waals surface area contributed by atoms with E-state index in [9.17, 15) is 0 Å². The number of para-hydroxylation sites is 3. The second kappa shape index (κ2) is 11.6. The standard InChI is InChI=1S/C53H48N2/c1-51(2,3)35-31-41-49-42(53(7,8)50(41)43(32-35)52(4,5)6)21-16-24-48(49)55-45-23-15-13-20-38(45)40-30-34(26-28-47(40)55)33-25-27-46-39(29-33)37-19-12-14-22-44(37)54(46)36-17-10-9-11-18-36/h9-32H,1-8H3. The molecule has 7 aromatic carbocycles. The monoisotopic (exact) mass is 712 g/mol. The number of benzene rings is 7. The van der Waals surface area contributed by atoms with Gasteiger partial charge < -0.3 is 9.13 Å². The molecule has 0 radical (unpaired) electrons. The topological polar surface area (TPSA) is 9.86 Å². The van der Waals surface area contributed by atoms with Crippen LogP contribution in [0.5, 0.6) is 0 Å². The molecule has 0 saturated heterocycles. The van der Waals surface area contributed by atoms with Crippen LogP contribution in [0, 0.1) is 0 Å². The lowest BCUT2D eigenvalue weighted by atomic mass is 9.71. The molecule has 9 aromatic rings. The van der Waals surface area contributed by atoms with Crippen molar-refractivity contribution in [3.05, 3.63) is 168 Å². The minimum absolute atomic E-state index is 0.00747. The van der Waals surface area contributed by atoms with Crippen LogP contribution in [0.1, 0.15) is 77.6 Å². The first-order chi connectivity index (χ1) is 26.3. The van der Waals surface area contributed by atoms with Crippen molar-refractivity contribution in [2.75, 3.05) is 0 Å². The molecule has 0 bridgehead atoms. The molecular weight excluding hydrogens is 665 g/mol. The van der Waals surface area contributed by atoms with Crippen molar-refractivity contribution < 1.29 is 0 Å². The molecule has 0 unspecified atom stereocenters. The smallest absolute Gasteiger partial charge is 0.0543 e. The Morgan fingerprint density at radius 2 is 1.00 bits per heavy atom. The van der Waals surface area contributed by atoms with Crippen LogP contribution in [-0.2, 0) is 16.2 Å². The Labute approximate surface area is 324 Å². The number of nitrogens with zero attached hydrogens (tertiary/aromatic N) is 2. The molecule has 0 N–H and O–H groups in total. The maximum absolute atomic E-state index is 2.54. The van der Waals surface area contributed by atoms with Gasteiger partial charge in [-0.05, 0) is 104 Å². The Morgan fingerprint density at radius 1 is 0.455 bits per heavy atom. The highest BCUT2D eigenvalue weighted by atomic mass is 15.0. The lowest BCUT2D eigenvalue weighted by Crippen LogP contribution is -2.24. The summed E-state index contributed by atoms with van der Waals surface area (Å²) in [6.45, 7) is 19.0. The van der Waals surface area contributed by atoms with Crippen molar-refractivity contribution in [3.8, 4) is 33.6 Å². The van der Waals surface area contributed by atoms with Crippen LogP contribution in [0.15, 0.2) is 146 Å². The zero-order chi connectivity index (χ0) is 38.0. The van der Waals surface area contributed by atoms with Crippen molar-refractivity contribution >= 4 is 43.6 Å². The van der Waals surface area contributed by atoms with Gasteiger partial charge in [0.05, 0.1) is 27.8 Å². The van der Waals surface area contributed by atoms with E-state index in [4.69, 9.17) is 0 Å². The Morgan fingerprint density at radius 3 is 1.60 bits per heavy atom. The molecule has 270 valence electrons. The molecule has 2 aromatic heterocycles. The third kappa shape index (κ3) is 4.93. The number of rotatable bonds is 3. The molecule has 1 aliphatic rings. The quantitative estimate of drug-likeness (QED) is 0.173. The molecule has 0 aliphatic heterocycles.